The molecule has 0 aliphatic carbocycles. The van der Waals surface area contributed by atoms with Crippen molar-refractivity contribution < 1.29 is 18.3 Å². The normalized spacial score (nSPS) is 10.0. The van der Waals surface area contributed by atoms with E-state index in [1.165, 1.54) is 49.6 Å². The number of carbonyl (C=O) groups excluding carboxylic acids is 1. The van der Waals surface area contributed by atoms with Gasteiger partial charge in [0.2, 0.25) is 5.91 Å². The van der Waals surface area contributed by atoms with Crippen LogP contribution < -0.4 is 15.4 Å². The summed E-state index contributed by atoms with van der Waals surface area (Å²) in [7, 11) is 1.36. The van der Waals surface area contributed by atoms with Gasteiger partial charge in [-0.05, 0) is 36.4 Å². The van der Waals surface area contributed by atoms with Crippen molar-refractivity contribution in [3.63, 3.8) is 0 Å². The average molecular weight is 292 g/mol. The first-order valence-electron chi connectivity index (χ1n) is 6.21. The van der Waals surface area contributed by atoms with Crippen molar-refractivity contribution in [3.8, 4) is 5.75 Å². The van der Waals surface area contributed by atoms with Crippen LogP contribution in [0.4, 0.5) is 20.2 Å². The summed E-state index contributed by atoms with van der Waals surface area (Å²) in [4.78, 5) is 11.7. The molecule has 0 atom stereocenters. The Morgan fingerprint density at radius 3 is 2.43 bits per heavy atom. The summed E-state index contributed by atoms with van der Waals surface area (Å²) in [6, 6.07) is 9.66. The summed E-state index contributed by atoms with van der Waals surface area (Å²) in [5.41, 5.74) is 1.06. The summed E-state index contributed by atoms with van der Waals surface area (Å²) in [6.45, 7) is -0.00777. The van der Waals surface area contributed by atoms with Gasteiger partial charge in [-0.1, -0.05) is 0 Å². The molecule has 1 amide bonds. The molecule has 0 radical (unpaired) electrons. The molecule has 0 aliphatic heterocycles. The van der Waals surface area contributed by atoms with Crippen molar-refractivity contribution in [2.75, 3.05) is 24.3 Å². The number of hydrogen-bond donors (Lipinski definition) is 2. The highest BCUT2D eigenvalue weighted by Gasteiger charge is 2.06. The van der Waals surface area contributed by atoms with Crippen LogP contribution in [0.1, 0.15) is 0 Å². The van der Waals surface area contributed by atoms with Crippen molar-refractivity contribution in [1.82, 2.24) is 0 Å². The molecule has 0 fully saturated rings. The van der Waals surface area contributed by atoms with Crippen molar-refractivity contribution in [2.45, 2.75) is 0 Å². The van der Waals surface area contributed by atoms with Crippen LogP contribution in [-0.2, 0) is 4.79 Å². The highest BCUT2D eigenvalue weighted by molar-refractivity contribution is 5.93. The molecule has 4 nitrogen and oxygen atoms in total. The zero-order chi connectivity index (χ0) is 15.2. The Kier molecular flexibility index (Phi) is 4.71. The molecule has 110 valence electrons. The van der Waals surface area contributed by atoms with Crippen LogP contribution >= 0.6 is 0 Å². The second-order valence-electron chi connectivity index (χ2n) is 4.26. The zero-order valence-corrected chi connectivity index (χ0v) is 11.3. The van der Waals surface area contributed by atoms with Gasteiger partial charge in [-0.2, -0.15) is 0 Å². The Morgan fingerprint density at radius 1 is 1.10 bits per heavy atom. The lowest BCUT2D eigenvalue weighted by molar-refractivity contribution is -0.114. The minimum Gasteiger partial charge on any atom is -0.494 e. The Labute approximate surface area is 120 Å². The number of halogens is 2. The van der Waals surface area contributed by atoms with Gasteiger partial charge in [-0.15, -0.1) is 0 Å². The molecule has 2 aromatic carbocycles. The van der Waals surface area contributed by atoms with E-state index in [2.05, 4.69) is 10.6 Å². The average Bonchev–Trinajstić information content (AvgIpc) is 2.49. The summed E-state index contributed by atoms with van der Waals surface area (Å²) in [5.74, 6) is -1.05. The van der Waals surface area contributed by atoms with E-state index in [-0.39, 0.29) is 24.0 Å². The third-order valence-electron chi connectivity index (χ3n) is 2.73. The number of carbonyl (C=O) groups is 1. The van der Waals surface area contributed by atoms with Crippen LogP contribution in [0.5, 0.6) is 5.75 Å². The Bertz CT molecular complexity index is 630. The Balaban J connectivity index is 1.90. The molecular weight excluding hydrogens is 278 g/mol. The van der Waals surface area contributed by atoms with Crippen molar-refractivity contribution >= 4 is 17.3 Å². The fourth-order valence-corrected chi connectivity index (χ4v) is 1.69. The van der Waals surface area contributed by atoms with Crippen molar-refractivity contribution in [2.24, 2.45) is 0 Å². The van der Waals surface area contributed by atoms with E-state index >= 15 is 0 Å². The molecule has 0 unspecified atom stereocenters. The molecule has 6 heteroatoms. The Hall–Kier alpha value is -2.63. The molecule has 0 saturated carbocycles. The summed E-state index contributed by atoms with van der Waals surface area (Å²) in [5, 5.41) is 5.45. The topological polar surface area (TPSA) is 50.4 Å². The molecule has 0 bridgehead atoms. The SMILES string of the molecule is COc1cc(NCC(=O)Nc2ccc(F)cc2)ccc1F. The minimum atomic E-state index is -0.473. The van der Waals surface area contributed by atoms with Crippen molar-refractivity contribution in [3.05, 3.63) is 54.1 Å². The lowest BCUT2D eigenvalue weighted by Crippen LogP contribution is -2.21. The van der Waals surface area contributed by atoms with Gasteiger partial charge in [0.05, 0.1) is 13.7 Å². The predicted molar refractivity (Wildman–Crippen MR) is 76.5 cm³/mol. The van der Waals surface area contributed by atoms with E-state index in [1.54, 1.807) is 0 Å². The molecule has 0 aromatic heterocycles. The van der Waals surface area contributed by atoms with Crippen LogP contribution in [-0.4, -0.2) is 19.6 Å². The van der Waals surface area contributed by atoms with Crippen LogP contribution in [0, 0.1) is 11.6 Å². The number of anilines is 2. The highest BCUT2D eigenvalue weighted by atomic mass is 19.1. The monoisotopic (exact) mass is 292 g/mol. The smallest absolute Gasteiger partial charge is 0.243 e. The van der Waals surface area contributed by atoms with Gasteiger partial charge in [-0.3, -0.25) is 4.79 Å². The largest absolute Gasteiger partial charge is 0.494 e. The van der Waals surface area contributed by atoms with Crippen LogP contribution in [0.25, 0.3) is 0 Å². The fourth-order valence-electron chi connectivity index (χ4n) is 1.69. The number of benzene rings is 2. The lowest BCUT2D eigenvalue weighted by Gasteiger charge is -2.09. The first kappa shape index (κ1) is 14.8. The molecule has 0 aliphatic rings. The summed E-state index contributed by atoms with van der Waals surface area (Å²) < 4.78 is 30.8. The maximum atomic E-state index is 13.2. The van der Waals surface area contributed by atoms with Gasteiger partial charge >= 0.3 is 0 Å². The maximum Gasteiger partial charge on any atom is 0.243 e. The lowest BCUT2D eigenvalue weighted by atomic mass is 10.3. The number of ether oxygens (including phenoxy) is 1. The van der Waals surface area contributed by atoms with Gasteiger partial charge in [0.1, 0.15) is 5.82 Å². The zero-order valence-electron chi connectivity index (χ0n) is 11.3. The molecular formula is C15H14F2N2O2. The molecule has 2 rings (SSSR count). The van der Waals surface area contributed by atoms with Crippen LogP contribution in [0.3, 0.4) is 0 Å². The molecule has 21 heavy (non-hydrogen) atoms. The first-order valence-corrected chi connectivity index (χ1v) is 6.21. The summed E-state index contributed by atoms with van der Waals surface area (Å²) in [6.07, 6.45) is 0. The molecule has 0 spiro atoms. The highest BCUT2D eigenvalue weighted by Crippen LogP contribution is 2.21. The van der Waals surface area contributed by atoms with Gasteiger partial charge < -0.3 is 15.4 Å². The third kappa shape index (κ3) is 4.17. The number of nitrogens with one attached hydrogen (secondary N) is 2. The van der Waals surface area contributed by atoms with Gasteiger partial charge in [-0.25, -0.2) is 8.78 Å². The standard InChI is InChI=1S/C15H14F2N2O2/c1-21-14-8-12(6-7-13(14)17)18-9-15(20)19-11-4-2-10(16)3-5-11/h2-8,18H,9H2,1H3,(H,19,20). The van der Waals surface area contributed by atoms with Gasteiger partial charge in [0.25, 0.3) is 0 Å². The second kappa shape index (κ2) is 6.69. The van der Waals surface area contributed by atoms with E-state index in [0.29, 0.717) is 11.4 Å². The third-order valence-corrected chi connectivity index (χ3v) is 2.73. The molecule has 2 aromatic rings. The maximum absolute atomic E-state index is 13.2. The predicted octanol–water partition coefficient (Wildman–Crippen LogP) is 3.02. The number of rotatable bonds is 5. The molecule has 0 saturated heterocycles. The second-order valence-corrected chi connectivity index (χ2v) is 4.26. The minimum absolute atomic E-state index is 0.00777. The van der Waals surface area contributed by atoms with Gasteiger partial charge in [0.15, 0.2) is 11.6 Å². The van der Waals surface area contributed by atoms with E-state index < -0.39 is 5.82 Å². The van der Waals surface area contributed by atoms with Gasteiger partial charge in [0, 0.05) is 17.4 Å². The van der Waals surface area contributed by atoms with E-state index in [1.807, 2.05) is 0 Å². The number of amides is 1. The van der Waals surface area contributed by atoms with E-state index in [9.17, 15) is 13.6 Å². The van der Waals surface area contributed by atoms with E-state index in [4.69, 9.17) is 4.74 Å². The van der Waals surface area contributed by atoms with E-state index in [0.717, 1.165) is 0 Å². The number of hydrogen-bond acceptors (Lipinski definition) is 3. The first-order chi connectivity index (χ1) is 10.1. The van der Waals surface area contributed by atoms with Crippen LogP contribution in [0.2, 0.25) is 0 Å². The Morgan fingerprint density at radius 2 is 1.76 bits per heavy atom. The molecule has 2 N–H and O–H groups in total. The molecule has 0 heterocycles. The van der Waals surface area contributed by atoms with Crippen molar-refractivity contribution in [1.29, 1.82) is 0 Å². The van der Waals surface area contributed by atoms with Crippen LogP contribution in [0.15, 0.2) is 42.5 Å². The summed E-state index contributed by atoms with van der Waals surface area (Å²) >= 11 is 0. The number of methoxy groups -OCH3 is 1. The quantitative estimate of drug-likeness (QED) is 0.890. The fraction of sp³-hybridized carbons (Fsp3) is 0.133.